The lowest BCUT2D eigenvalue weighted by Crippen LogP contribution is -2.44. The molecule has 1 amide bonds. The van der Waals surface area contributed by atoms with Gasteiger partial charge in [0, 0.05) is 6.42 Å². The molecule has 1 rings (SSSR count). The van der Waals surface area contributed by atoms with Gasteiger partial charge < -0.3 is 4.74 Å². The molecule has 0 aromatic carbocycles. The second-order valence-corrected chi connectivity index (χ2v) is 5.94. The molecule has 0 radical (unpaired) electrons. The van der Waals surface area contributed by atoms with Crippen molar-refractivity contribution in [3.63, 3.8) is 0 Å². The molecule has 0 N–H and O–H groups in total. The Bertz CT molecular complexity index is 408. The quantitative estimate of drug-likeness (QED) is 0.746. The monoisotopic (exact) mass is 331 g/mol. The maximum Gasteiger partial charge on any atom is 0.522 e. The fraction of sp³-hybridized carbons (Fsp3) is 0.833. The van der Waals surface area contributed by atoms with Gasteiger partial charge in [-0.25, -0.2) is 4.79 Å². The molecule has 1 fully saturated rings. The van der Waals surface area contributed by atoms with Crippen LogP contribution in [-0.4, -0.2) is 53.3 Å². The van der Waals surface area contributed by atoms with E-state index in [4.69, 9.17) is 16.3 Å². The van der Waals surface area contributed by atoms with Gasteiger partial charge in [-0.15, -0.1) is 24.8 Å². The third-order valence-electron chi connectivity index (χ3n) is 2.69. The maximum atomic E-state index is 12.2. The predicted molar refractivity (Wildman–Crippen MR) is 68.0 cm³/mol. The molecule has 1 aliphatic rings. The first-order valence-corrected chi connectivity index (χ1v) is 6.79. The van der Waals surface area contributed by atoms with Crippen LogP contribution < -0.4 is 0 Å². The summed E-state index contributed by atoms with van der Waals surface area (Å²) in [6.07, 6.45) is -7.26. The summed E-state index contributed by atoms with van der Waals surface area (Å²) in [7, 11) is 0. The Morgan fingerprint density at radius 1 is 1.29 bits per heavy atom. The van der Waals surface area contributed by atoms with E-state index in [2.05, 4.69) is 4.74 Å². The number of carbonyl (C=O) groups is 2. The molecule has 2 atom stereocenters. The summed E-state index contributed by atoms with van der Waals surface area (Å²) in [5.41, 5.74) is -0.825. The van der Waals surface area contributed by atoms with E-state index in [1.165, 1.54) is 0 Å². The van der Waals surface area contributed by atoms with Gasteiger partial charge in [-0.1, -0.05) is 0 Å². The Balaban J connectivity index is 2.83. The first kappa shape index (κ1) is 18.0. The zero-order chi connectivity index (χ0) is 16.4. The van der Waals surface area contributed by atoms with Crippen LogP contribution in [0.2, 0.25) is 0 Å². The van der Waals surface area contributed by atoms with Gasteiger partial charge in [0.2, 0.25) is 0 Å². The SMILES string of the molecule is CC(C)(C)OC(=O)N1C[C@H](OC(F)(F)F)C[C@H]1C(=O)CCl. The maximum absolute atomic E-state index is 12.2. The number of alkyl halides is 4. The van der Waals surface area contributed by atoms with Crippen molar-refractivity contribution < 1.29 is 32.2 Å². The first-order chi connectivity index (χ1) is 9.43. The molecule has 0 aromatic heterocycles. The fourth-order valence-electron chi connectivity index (χ4n) is 1.99. The van der Waals surface area contributed by atoms with E-state index >= 15 is 0 Å². The van der Waals surface area contributed by atoms with Gasteiger partial charge in [0.05, 0.1) is 24.6 Å². The number of hydrogen-bond acceptors (Lipinski definition) is 4. The fourth-order valence-corrected chi connectivity index (χ4v) is 2.17. The average molecular weight is 332 g/mol. The van der Waals surface area contributed by atoms with Gasteiger partial charge in [0.25, 0.3) is 0 Å². The van der Waals surface area contributed by atoms with Crippen LogP contribution in [0.5, 0.6) is 0 Å². The summed E-state index contributed by atoms with van der Waals surface area (Å²) in [6, 6.07) is -1.07. The van der Waals surface area contributed by atoms with Crippen molar-refractivity contribution in [3.05, 3.63) is 0 Å². The largest absolute Gasteiger partial charge is 0.522 e. The van der Waals surface area contributed by atoms with Gasteiger partial charge >= 0.3 is 12.5 Å². The summed E-state index contributed by atoms with van der Waals surface area (Å²) in [4.78, 5) is 24.6. The summed E-state index contributed by atoms with van der Waals surface area (Å²) in [6.45, 7) is 4.47. The highest BCUT2D eigenvalue weighted by Gasteiger charge is 2.45. The Labute approximate surface area is 125 Å². The Hall–Kier alpha value is -1.02. The zero-order valence-corrected chi connectivity index (χ0v) is 12.6. The van der Waals surface area contributed by atoms with Gasteiger partial charge in [0.15, 0.2) is 5.78 Å². The van der Waals surface area contributed by atoms with Crippen LogP contribution in [0.15, 0.2) is 0 Å². The standard InChI is InChI=1S/C12H17ClF3NO4/c1-11(2,3)21-10(19)17-6-7(20-12(14,15)16)4-8(17)9(18)5-13/h7-8H,4-6H2,1-3H3/t7-,8+/m1/s1. The molecule has 1 aliphatic heterocycles. The van der Waals surface area contributed by atoms with E-state index < -0.39 is 41.9 Å². The highest BCUT2D eigenvalue weighted by molar-refractivity contribution is 6.28. The van der Waals surface area contributed by atoms with Crippen molar-refractivity contribution in [1.82, 2.24) is 4.90 Å². The molecule has 0 unspecified atom stereocenters. The van der Waals surface area contributed by atoms with Crippen LogP contribution >= 0.6 is 11.6 Å². The zero-order valence-electron chi connectivity index (χ0n) is 11.9. The van der Waals surface area contributed by atoms with Gasteiger partial charge in [-0.2, -0.15) is 0 Å². The number of halogens is 4. The summed E-state index contributed by atoms with van der Waals surface area (Å²) in [5.74, 6) is -0.946. The van der Waals surface area contributed by atoms with E-state index in [0.717, 1.165) is 4.90 Å². The Kier molecular flexibility index (Phi) is 5.49. The molecule has 1 heterocycles. The number of likely N-dealkylation sites (tertiary alicyclic amines) is 1. The lowest BCUT2D eigenvalue weighted by molar-refractivity contribution is -0.340. The lowest BCUT2D eigenvalue weighted by Gasteiger charge is -2.27. The first-order valence-electron chi connectivity index (χ1n) is 6.26. The number of ether oxygens (including phenoxy) is 2. The lowest BCUT2D eigenvalue weighted by atomic mass is 10.1. The summed E-state index contributed by atoms with van der Waals surface area (Å²) < 4.78 is 45.7. The molecule has 122 valence electrons. The van der Waals surface area contributed by atoms with E-state index in [0.29, 0.717) is 0 Å². The summed E-state index contributed by atoms with van der Waals surface area (Å²) in [5, 5.41) is 0. The van der Waals surface area contributed by atoms with E-state index in [1.807, 2.05) is 0 Å². The average Bonchev–Trinajstić information content (AvgIpc) is 2.67. The van der Waals surface area contributed by atoms with Crippen molar-refractivity contribution in [2.24, 2.45) is 0 Å². The third-order valence-corrected chi connectivity index (χ3v) is 2.96. The predicted octanol–water partition coefficient (Wildman–Crippen LogP) is 2.71. The highest BCUT2D eigenvalue weighted by atomic mass is 35.5. The number of rotatable bonds is 3. The van der Waals surface area contributed by atoms with Gasteiger partial charge in [-0.3, -0.25) is 14.4 Å². The Morgan fingerprint density at radius 3 is 2.29 bits per heavy atom. The molecule has 9 heteroatoms. The molecule has 5 nitrogen and oxygen atoms in total. The van der Waals surface area contributed by atoms with Crippen molar-refractivity contribution in [2.75, 3.05) is 12.4 Å². The molecule has 0 aromatic rings. The molecule has 0 spiro atoms. The van der Waals surface area contributed by atoms with Crippen LogP contribution in [0.4, 0.5) is 18.0 Å². The number of nitrogens with zero attached hydrogens (tertiary/aromatic N) is 1. The van der Waals surface area contributed by atoms with Gasteiger partial charge in [0.1, 0.15) is 5.60 Å². The van der Waals surface area contributed by atoms with E-state index in [9.17, 15) is 22.8 Å². The molecule has 0 saturated carbocycles. The molecule has 0 aliphatic carbocycles. The number of ketones is 1. The number of Topliss-reactive ketones (excluding diaryl/α,β-unsaturated/α-hetero) is 1. The van der Waals surface area contributed by atoms with E-state index in [-0.39, 0.29) is 13.0 Å². The minimum atomic E-state index is -4.83. The molecular formula is C12H17ClF3NO4. The number of carbonyl (C=O) groups excluding carboxylic acids is 2. The molecule has 0 bridgehead atoms. The highest BCUT2D eigenvalue weighted by Crippen LogP contribution is 2.29. The second-order valence-electron chi connectivity index (χ2n) is 5.67. The smallest absolute Gasteiger partial charge is 0.444 e. The summed E-state index contributed by atoms with van der Waals surface area (Å²) >= 11 is 5.42. The minimum Gasteiger partial charge on any atom is -0.444 e. The van der Waals surface area contributed by atoms with Crippen molar-refractivity contribution in [1.29, 1.82) is 0 Å². The van der Waals surface area contributed by atoms with E-state index in [1.54, 1.807) is 20.8 Å². The number of hydrogen-bond donors (Lipinski definition) is 0. The third kappa shape index (κ3) is 5.70. The molecule has 1 saturated heterocycles. The number of amides is 1. The van der Waals surface area contributed by atoms with Crippen molar-refractivity contribution >= 4 is 23.5 Å². The van der Waals surface area contributed by atoms with Crippen LogP contribution in [0.1, 0.15) is 27.2 Å². The van der Waals surface area contributed by atoms with Crippen LogP contribution in [-0.2, 0) is 14.3 Å². The second kappa shape index (κ2) is 6.39. The Morgan fingerprint density at radius 2 is 1.86 bits per heavy atom. The van der Waals surface area contributed by atoms with Crippen molar-refractivity contribution in [2.45, 2.75) is 51.3 Å². The van der Waals surface area contributed by atoms with Crippen LogP contribution in [0.25, 0.3) is 0 Å². The van der Waals surface area contributed by atoms with Crippen LogP contribution in [0, 0.1) is 0 Å². The molecule has 21 heavy (non-hydrogen) atoms. The van der Waals surface area contributed by atoms with Gasteiger partial charge in [-0.05, 0) is 20.8 Å². The van der Waals surface area contributed by atoms with Crippen molar-refractivity contribution in [3.8, 4) is 0 Å². The van der Waals surface area contributed by atoms with Crippen LogP contribution in [0.3, 0.4) is 0 Å². The topological polar surface area (TPSA) is 55.8 Å². The normalized spacial score (nSPS) is 23.3. The molecular weight excluding hydrogens is 315 g/mol. The minimum absolute atomic E-state index is 0.260.